The number of methoxy groups -OCH3 is 2. The highest BCUT2D eigenvalue weighted by atomic mass is 19.2. The van der Waals surface area contributed by atoms with E-state index >= 15 is 0 Å². The van der Waals surface area contributed by atoms with Gasteiger partial charge in [0.25, 0.3) is 0 Å². The number of aryl methyl sites for hydroxylation is 2. The maximum Gasteiger partial charge on any atom is 0.338 e. The molecule has 0 atom stereocenters. The number of carbonyl (C=O) groups is 1. The van der Waals surface area contributed by atoms with Gasteiger partial charge in [-0.3, -0.25) is 0 Å². The topological polar surface area (TPSA) is 35.5 Å². The summed E-state index contributed by atoms with van der Waals surface area (Å²) < 4.78 is 36.4. The van der Waals surface area contributed by atoms with E-state index in [4.69, 9.17) is 4.74 Å². The van der Waals surface area contributed by atoms with Crippen molar-refractivity contribution in [1.29, 1.82) is 0 Å². The average molecular weight is 306 g/mol. The predicted molar refractivity (Wildman–Crippen MR) is 78.1 cm³/mol. The molecule has 5 heteroatoms. The number of hydrogen-bond donors (Lipinski definition) is 0. The van der Waals surface area contributed by atoms with Gasteiger partial charge < -0.3 is 9.47 Å². The molecule has 0 bridgehead atoms. The van der Waals surface area contributed by atoms with Crippen molar-refractivity contribution >= 4 is 5.97 Å². The fourth-order valence-corrected chi connectivity index (χ4v) is 2.17. The average Bonchev–Trinajstić information content (AvgIpc) is 2.55. The van der Waals surface area contributed by atoms with Crippen LogP contribution in [-0.2, 0) is 17.6 Å². The predicted octanol–water partition coefficient (Wildman–Crippen LogP) is 3.55. The molecule has 0 aliphatic heterocycles. The lowest BCUT2D eigenvalue weighted by Gasteiger charge is -2.09. The molecule has 22 heavy (non-hydrogen) atoms. The van der Waals surface area contributed by atoms with E-state index in [0.717, 1.165) is 23.4 Å². The Morgan fingerprint density at radius 1 is 1.00 bits per heavy atom. The summed E-state index contributed by atoms with van der Waals surface area (Å²) in [4.78, 5) is 11.7. The molecule has 2 rings (SSSR count). The molecule has 0 radical (unpaired) electrons. The zero-order chi connectivity index (χ0) is 16.1. The Balaban J connectivity index is 2.20. The van der Waals surface area contributed by atoms with Gasteiger partial charge in [0.2, 0.25) is 0 Å². The highest BCUT2D eigenvalue weighted by Crippen LogP contribution is 2.19. The van der Waals surface area contributed by atoms with Crippen molar-refractivity contribution < 1.29 is 23.0 Å². The summed E-state index contributed by atoms with van der Waals surface area (Å²) >= 11 is 0. The van der Waals surface area contributed by atoms with Crippen LogP contribution >= 0.6 is 0 Å². The van der Waals surface area contributed by atoms with Crippen LogP contribution in [0.2, 0.25) is 0 Å². The van der Waals surface area contributed by atoms with Crippen molar-refractivity contribution in [3.8, 4) is 5.75 Å². The van der Waals surface area contributed by atoms with E-state index in [-0.39, 0.29) is 5.56 Å². The van der Waals surface area contributed by atoms with E-state index < -0.39 is 17.6 Å². The van der Waals surface area contributed by atoms with Crippen LogP contribution in [0.25, 0.3) is 0 Å². The van der Waals surface area contributed by atoms with Crippen LogP contribution in [0.15, 0.2) is 36.4 Å². The van der Waals surface area contributed by atoms with Gasteiger partial charge in [-0.05, 0) is 48.2 Å². The lowest BCUT2D eigenvalue weighted by Crippen LogP contribution is -2.08. The number of halogens is 2. The second kappa shape index (κ2) is 7.02. The Morgan fingerprint density at radius 3 is 2.23 bits per heavy atom. The number of ether oxygens (including phenoxy) is 2. The van der Waals surface area contributed by atoms with E-state index in [1.54, 1.807) is 7.11 Å². The third-order valence-corrected chi connectivity index (χ3v) is 3.39. The number of hydrogen-bond acceptors (Lipinski definition) is 3. The van der Waals surface area contributed by atoms with Crippen molar-refractivity contribution in [1.82, 2.24) is 0 Å². The zero-order valence-corrected chi connectivity index (χ0v) is 12.4. The smallest absolute Gasteiger partial charge is 0.338 e. The Morgan fingerprint density at radius 2 is 1.64 bits per heavy atom. The fourth-order valence-electron chi connectivity index (χ4n) is 2.17. The second-order valence-corrected chi connectivity index (χ2v) is 4.76. The van der Waals surface area contributed by atoms with Gasteiger partial charge in [0, 0.05) is 0 Å². The first kappa shape index (κ1) is 15.9. The molecule has 0 saturated heterocycles. The Labute approximate surface area is 127 Å². The molecular weight excluding hydrogens is 290 g/mol. The van der Waals surface area contributed by atoms with Gasteiger partial charge in [0.15, 0.2) is 11.6 Å². The Kier molecular flexibility index (Phi) is 5.09. The number of esters is 1. The molecule has 0 amide bonds. The minimum Gasteiger partial charge on any atom is -0.497 e. The van der Waals surface area contributed by atoms with E-state index in [1.807, 2.05) is 24.3 Å². The first-order valence-corrected chi connectivity index (χ1v) is 6.74. The highest BCUT2D eigenvalue weighted by molar-refractivity contribution is 5.91. The normalized spacial score (nSPS) is 10.4. The molecule has 0 heterocycles. The summed E-state index contributed by atoms with van der Waals surface area (Å²) in [7, 11) is 2.79. The molecule has 2 aromatic rings. The summed E-state index contributed by atoms with van der Waals surface area (Å²) in [6, 6.07) is 9.34. The summed E-state index contributed by atoms with van der Waals surface area (Å²) in [5.74, 6) is -1.97. The molecule has 116 valence electrons. The van der Waals surface area contributed by atoms with Crippen LogP contribution in [0.5, 0.6) is 5.75 Å². The van der Waals surface area contributed by atoms with Crippen molar-refractivity contribution in [3.63, 3.8) is 0 Å². The molecule has 0 unspecified atom stereocenters. The van der Waals surface area contributed by atoms with E-state index in [2.05, 4.69) is 4.74 Å². The molecule has 0 spiro atoms. The minimum atomic E-state index is -1.06. The summed E-state index contributed by atoms with van der Waals surface area (Å²) in [6.45, 7) is 0. The molecule has 0 aliphatic carbocycles. The number of benzene rings is 2. The van der Waals surface area contributed by atoms with Crippen molar-refractivity contribution in [2.45, 2.75) is 12.8 Å². The SMILES string of the molecule is COC(=O)c1cc(F)c(F)cc1CCc1ccc(OC)cc1. The number of carbonyl (C=O) groups excluding carboxylic acids is 1. The number of rotatable bonds is 5. The van der Waals surface area contributed by atoms with Crippen LogP contribution in [0, 0.1) is 11.6 Å². The van der Waals surface area contributed by atoms with Crippen LogP contribution in [0.4, 0.5) is 8.78 Å². The monoisotopic (exact) mass is 306 g/mol. The molecule has 2 aromatic carbocycles. The van der Waals surface area contributed by atoms with Crippen LogP contribution in [0.1, 0.15) is 21.5 Å². The molecule has 3 nitrogen and oxygen atoms in total. The second-order valence-electron chi connectivity index (χ2n) is 4.76. The van der Waals surface area contributed by atoms with Crippen molar-refractivity contribution in [2.75, 3.05) is 14.2 Å². The van der Waals surface area contributed by atoms with Gasteiger partial charge in [-0.1, -0.05) is 12.1 Å². The largest absolute Gasteiger partial charge is 0.497 e. The van der Waals surface area contributed by atoms with E-state index in [9.17, 15) is 13.6 Å². The fraction of sp³-hybridized carbons (Fsp3) is 0.235. The van der Waals surface area contributed by atoms with Gasteiger partial charge in [-0.2, -0.15) is 0 Å². The molecule has 0 aromatic heterocycles. The maximum atomic E-state index is 13.4. The first-order chi connectivity index (χ1) is 10.5. The molecule has 0 fully saturated rings. The standard InChI is InChI=1S/C17H16F2O3/c1-21-13-7-4-11(5-8-13)3-6-12-9-15(18)16(19)10-14(12)17(20)22-2/h4-5,7-10H,3,6H2,1-2H3. The third-order valence-electron chi connectivity index (χ3n) is 3.39. The molecule has 0 saturated carbocycles. The lowest BCUT2D eigenvalue weighted by atomic mass is 9.99. The van der Waals surface area contributed by atoms with Crippen molar-refractivity contribution in [3.05, 3.63) is 64.7 Å². The van der Waals surface area contributed by atoms with Crippen LogP contribution < -0.4 is 4.74 Å². The summed E-state index contributed by atoms with van der Waals surface area (Å²) in [5, 5.41) is 0. The maximum absolute atomic E-state index is 13.4. The first-order valence-electron chi connectivity index (χ1n) is 6.74. The van der Waals surface area contributed by atoms with Gasteiger partial charge >= 0.3 is 5.97 Å². The molecular formula is C17H16F2O3. The Bertz CT molecular complexity index is 666. The van der Waals surface area contributed by atoms with Gasteiger partial charge in [-0.25, -0.2) is 13.6 Å². The third kappa shape index (κ3) is 3.61. The van der Waals surface area contributed by atoms with E-state index in [0.29, 0.717) is 18.4 Å². The molecule has 0 aliphatic rings. The van der Waals surface area contributed by atoms with Gasteiger partial charge in [-0.15, -0.1) is 0 Å². The van der Waals surface area contributed by atoms with Gasteiger partial charge in [0.1, 0.15) is 5.75 Å². The zero-order valence-electron chi connectivity index (χ0n) is 12.4. The van der Waals surface area contributed by atoms with Crippen LogP contribution in [-0.4, -0.2) is 20.2 Å². The van der Waals surface area contributed by atoms with E-state index in [1.165, 1.54) is 7.11 Å². The summed E-state index contributed by atoms with van der Waals surface area (Å²) in [6.07, 6.45) is 0.979. The summed E-state index contributed by atoms with van der Waals surface area (Å²) in [5.41, 5.74) is 1.47. The quantitative estimate of drug-likeness (QED) is 0.793. The van der Waals surface area contributed by atoms with Crippen molar-refractivity contribution in [2.24, 2.45) is 0 Å². The lowest BCUT2D eigenvalue weighted by molar-refractivity contribution is 0.0598. The minimum absolute atomic E-state index is 0.0508. The highest BCUT2D eigenvalue weighted by Gasteiger charge is 2.16. The Hall–Kier alpha value is -2.43. The van der Waals surface area contributed by atoms with Gasteiger partial charge in [0.05, 0.1) is 19.8 Å². The van der Waals surface area contributed by atoms with Crippen LogP contribution in [0.3, 0.4) is 0 Å². The molecule has 0 N–H and O–H groups in total.